The zero-order chi connectivity index (χ0) is 19.9. The van der Waals surface area contributed by atoms with Crippen molar-refractivity contribution in [3.8, 4) is 5.75 Å². The summed E-state index contributed by atoms with van der Waals surface area (Å²) in [6.07, 6.45) is 5.70. The predicted octanol–water partition coefficient (Wildman–Crippen LogP) is 1.95. The van der Waals surface area contributed by atoms with E-state index in [1.165, 1.54) is 19.3 Å². The van der Waals surface area contributed by atoms with Gasteiger partial charge in [0.15, 0.2) is 6.61 Å². The van der Waals surface area contributed by atoms with Crippen molar-refractivity contribution in [3.63, 3.8) is 0 Å². The van der Waals surface area contributed by atoms with Crippen molar-refractivity contribution in [2.45, 2.75) is 38.1 Å². The van der Waals surface area contributed by atoms with Crippen LogP contribution < -0.4 is 10.1 Å². The Morgan fingerprint density at radius 2 is 1.57 bits per heavy atom. The normalized spacial score (nSPS) is 17.9. The Morgan fingerprint density at radius 1 is 0.964 bits per heavy atom. The highest BCUT2D eigenvalue weighted by Crippen LogP contribution is 2.18. The molecule has 1 aromatic rings. The Morgan fingerprint density at radius 3 is 2.18 bits per heavy atom. The molecule has 0 radical (unpaired) electrons. The molecular weight excluding hydrogens is 362 g/mol. The Labute approximate surface area is 164 Å². The summed E-state index contributed by atoms with van der Waals surface area (Å²) >= 11 is 0. The van der Waals surface area contributed by atoms with E-state index in [2.05, 4.69) is 5.32 Å². The zero-order valence-electron chi connectivity index (χ0n) is 15.9. The van der Waals surface area contributed by atoms with E-state index in [0.717, 1.165) is 12.8 Å². The Bertz CT molecular complexity index is 692. The highest BCUT2D eigenvalue weighted by atomic mass is 16.5. The van der Waals surface area contributed by atoms with E-state index in [4.69, 9.17) is 9.84 Å². The Kier molecular flexibility index (Phi) is 6.73. The first-order chi connectivity index (χ1) is 13.5. The average Bonchev–Trinajstić information content (AvgIpc) is 2.73. The van der Waals surface area contributed by atoms with Gasteiger partial charge in [-0.15, -0.1) is 0 Å². The Balaban J connectivity index is 1.46. The summed E-state index contributed by atoms with van der Waals surface area (Å²) in [5.41, 5.74) is 0.516. The van der Waals surface area contributed by atoms with Gasteiger partial charge in [-0.3, -0.25) is 4.79 Å². The number of aliphatic carboxylic acids is 1. The lowest BCUT2D eigenvalue weighted by atomic mass is 9.96. The number of nitrogens with one attached hydrogen (secondary N) is 1. The van der Waals surface area contributed by atoms with Gasteiger partial charge in [0.25, 0.3) is 5.91 Å². The van der Waals surface area contributed by atoms with Crippen LogP contribution in [0.2, 0.25) is 0 Å². The molecule has 2 aliphatic rings. The molecule has 8 nitrogen and oxygen atoms in total. The van der Waals surface area contributed by atoms with Gasteiger partial charge in [0.2, 0.25) is 0 Å². The maximum absolute atomic E-state index is 12.6. The molecule has 152 valence electrons. The molecule has 1 aromatic carbocycles. The van der Waals surface area contributed by atoms with E-state index in [0.29, 0.717) is 37.5 Å². The predicted molar refractivity (Wildman–Crippen MR) is 102 cm³/mol. The van der Waals surface area contributed by atoms with Crippen LogP contribution >= 0.6 is 0 Å². The molecule has 0 unspecified atom stereocenters. The van der Waals surface area contributed by atoms with Crippen molar-refractivity contribution in [1.82, 2.24) is 15.1 Å². The number of carbonyl (C=O) groups is 3. The standard InChI is InChI=1S/C20H27N3O5/c24-18(25)14-28-17-8-6-15(7-9-17)19(26)22-10-12-23(13-11-22)20(27)21-16-4-2-1-3-5-16/h6-9,16H,1-5,10-14H2,(H,21,27)(H,24,25). The number of rotatable bonds is 5. The van der Waals surface area contributed by atoms with E-state index in [1.54, 1.807) is 34.1 Å². The van der Waals surface area contributed by atoms with Crippen LogP contribution in [0.4, 0.5) is 4.79 Å². The number of hydrogen-bond donors (Lipinski definition) is 2. The van der Waals surface area contributed by atoms with Gasteiger partial charge >= 0.3 is 12.0 Å². The van der Waals surface area contributed by atoms with E-state index in [9.17, 15) is 14.4 Å². The lowest BCUT2D eigenvalue weighted by molar-refractivity contribution is -0.139. The second-order valence-electron chi connectivity index (χ2n) is 7.27. The first-order valence-electron chi connectivity index (χ1n) is 9.82. The third-order valence-corrected chi connectivity index (χ3v) is 5.25. The summed E-state index contributed by atoms with van der Waals surface area (Å²) in [7, 11) is 0. The number of nitrogens with zero attached hydrogens (tertiary/aromatic N) is 2. The molecule has 2 N–H and O–H groups in total. The lowest BCUT2D eigenvalue weighted by Gasteiger charge is -2.36. The van der Waals surface area contributed by atoms with Crippen LogP contribution in [0.25, 0.3) is 0 Å². The zero-order valence-corrected chi connectivity index (χ0v) is 15.9. The number of carboxylic acid groups (broad SMARTS) is 1. The van der Waals surface area contributed by atoms with Crippen molar-refractivity contribution in [2.24, 2.45) is 0 Å². The molecule has 3 rings (SSSR count). The third-order valence-electron chi connectivity index (χ3n) is 5.25. The van der Waals surface area contributed by atoms with Crippen LogP contribution in [0, 0.1) is 0 Å². The van der Waals surface area contributed by atoms with Gasteiger partial charge in [0, 0.05) is 37.8 Å². The summed E-state index contributed by atoms with van der Waals surface area (Å²) in [6, 6.07) is 6.68. The molecule has 0 atom stereocenters. The number of hydrogen-bond acceptors (Lipinski definition) is 4. The summed E-state index contributed by atoms with van der Waals surface area (Å²) in [4.78, 5) is 39.1. The van der Waals surface area contributed by atoms with Crippen LogP contribution in [0.1, 0.15) is 42.5 Å². The topological polar surface area (TPSA) is 99.2 Å². The summed E-state index contributed by atoms with van der Waals surface area (Å²) in [6.45, 7) is 1.61. The van der Waals surface area contributed by atoms with E-state index in [1.807, 2.05) is 0 Å². The van der Waals surface area contributed by atoms with Crippen molar-refractivity contribution in [2.75, 3.05) is 32.8 Å². The lowest BCUT2D eigenvalue weighted by Crippen LogP contribution is -2.54. The number of carbonyl (C=O) groups excluding carboxylic acids is 2. The number of ether oxygens (including phenoxy) is 1. The van der Waals surface area contributed by atoms with Crippen molar-refractivity contribution in [3.05, 3.63) is 29.8 Å². The largest absolute Gasteiger partial charge is 0.482 e. The maximum Gasteiger partial charge on any atom is 0.341 e. The number of piperazine rings is 1. The van der Waals surface area contributed by atoms with Crippen LogP contribution in [0.3, 0.4) is 0 Å². The first kappa shape index (κ1) is 20.0. The highest BCUT2D eigenvalue weighted by molar-refractivity contribution is 5.94. The number of benzene rings is 1. The second-order valence-corrected chi connectivity index (χ2v) is 7.27. The maximum atomic E-state index is 12.6. The van der Waals surface area contributed by atoms with Crippen molar-refractivity contribution < 1.29 is 24.2 Å². The van der Waals surface area contributed by atoms with Crippen molar-refractivity contribution >= 4 is 17.9 Å². The molecule has 28 heavy (non-hydrogen) atoms. The van der Waals surface area contributed by atoms with Crippen LogP contribution in [0.5, 0.6) is 5.75 Å². The fourth-order valence-electron chi connectivity index (χ4n) is 3.65. The fraction of sp³-hybridized carbons (Fsp3) is 0.550. The van der Waals surface area contributed by atoms with Crippen LogP contribution in [-0.4, -0.2) is 71.6 Å². The number of carboxylic acids is 1. The second kappa shape index (κ2) is 9.43. The molecule has 2 fully saturated rings. The van der Waals surface area contributed by atoms with Crippen LogP contribution in [-0.2, 0) is 4.79 Å². The van der Waals surface area contributed by atoms with E-state index in [-0.39, 0.29) is 18.0 Å². The van der Waals surface area contributed by atoms with Gasteiger partial charge in [0.1, 0.15) is 5.75 Å². The SMILES string of the molecule is O=C(O)COc1ccc(C(=O)N2CCN(C(=O)NC3CCCCC3)CC2)cc1. The monoisotopic (exact) mass is 389 g/mol. The molecule has 1 saturated carbocycles. The minimum absolute atomic E-state index is 0.0288. The van der Waals surface area contributed by atoms with Gasteiger partial charge in [-0.25, -0.2) is 9.59 Å². The van der Waals surface area contributed by atoms with E-state index >= 15 is 0 Å². The summed E-state index contributed by atoms with van der Waals surface area (Å²) in [5.74, 6) is -0.745. The van der Waals surface area contributed by atoms with Gasteiger partial charge in [0.05, 0.1) is 0 Å². The van der Waals surface area contributed by atoms with Gasteiger partial charge in [-0.2, -0.15) is 0 Å². The van der Waals surface area contributed by atoms with E-state index < -0.39 is 12.6 Å². The number of urea groups is 1. The quantitative estimate of drug-likeness (QED) is 0.802. The smallest absolute Gasteiger partial charge is 0.341 e. The first-order valence-corrected chi connectivity index (χ1v) is 9.82. The average molecular weight is 389 g/mol. The van der Waals surface area contributed by atoms with Gasteiger partial charge in [-0.1, -0.05) is 19.3 Å². The van der Waals surface area contributed by atoms with Gasteiger partial charge in [-0.05, 0) is 37.1 Å². The van der Waals surface area contributed by atoms with Crippen LogP contribution in [0.15, 0.2) is 24.3 Å². The Hall–Kier alpha value is -2.77. The summed E-state index contributed by atoms with van der Waals surface area (Å²) < 4.78 is 5.07. The molecule has 1 heterocycles. The van der Waals surface area contributed by atoms with Gasteiger partial charge < -0.3 is 25.0 Å². The third kappa shape index (κ3) is 5.37. The summed E-state index contributed by atoms with van der Waals surface area (Å²) in [5, 5.41) is 11.7. The molecule has 0 spiro atoms. The molecule has 1 aliphatic carbocycles. The fourth-order valence-corrected chi connectivity index (χ4v) is 3.65. The molecule has 0 aromatic heterocycles. The molecule has 3 amide bonds. The highest BCUT2D eigenvalue weighted by Gasteiger charge is 2.26. The molecule has 1 aliphatic heterocycles. The van der Waals surface area contributed by atoms with Crippen molar-refractivity contribution in [1.29, 1.82) is 0 Å². The minimum atomic E-state index is -1.05. The minimum Gasteiger partial charge on any atom is -0.482 e. The molecule has 0 bridgehead atoms. The molecular formula is C20H27N3O5. The molecule has 1 saturated heterocycles. The molecule has 8 heteroatoms. The number of amides is 3.